The Balaban J connectivity index is 3.18. The lowest BCUT2D eigenvalue weighted by Crippen LogP contribution is -2.38. The molecule has 0 bridgehead atoms. The van der Waals surface area contributed by atoms with Crippen LogP contribution in [0.3, 0.4) is 0 Å². The highest BCUT2D eigenvalue weighted by molar-refractivity contribution is 7.91. The average molecular weight is 304 g/mol. The van der Waals surface area contributed by atoms with Crippen LogP contribution in [0.1, 0.15) is 43.1 Å². The number of hydrogen-bond donors (Lipinski definition) is 1. The first-order valence-electron chi connectivity index (χ1n) is 6.15. The summed E-state index contributed by atoms with van der Waals surface area (Å²) < 4.78 is 22.8. The lowest BCUT2D eigenvalue weighted by atomic mass is 10.1. The largest absolute Gasteiger partial charge is 0.336 e. The van der Waals surface area contributed by atoms with Gasteiger partial charge in [-0.3, -0.25) is 4.79 Å². The van der Waals surface area contributed by atoms with E-state index in [2.05, 4.69) is 0 Å². The summed E-state index contributed by atoms with van der Waals surface area (Å²) in [6, 6.07) is 0.120. The Labute approximate surface area is 118 Å². The molecule has 0 aliphatic heterocycles. The van der Waals surface area contributed by atoms with E-state index in [1.54, 1.807) is 17.2 Å². The standard InChI is InChI=1S/C12H20N2O3S2/c1-5-8(3)14(6-2)11(15)10-7-18-12(9(10)4)19(13,16)17/h7-8H,5-6H2,1-4H3,(H2,13,16,17). The molecule has 1 atom stereocenters. The van der Waals surface area contributed by atoms with Crippen molar-refractivity contribution in [2.24, 2.45) is 5.14 Å². The van der Waals surface area contributed by atoms with E-state index >= 15 is 0 Å². The maximum Gasteiger partial charge on any atom is 0.255 e. The molecule has 0 saturated carbocycles. The molecule has 0 aliphatic carbocycles. The molecule has 0 radical (unpaired) electrons. The van der Waals surface area contributed by atoms with E-state index in [1.165, 1.54) is 0 Å². The maximum atomic E-state index is 12.4. The number of primary sulfonamides is 1. The van der Waals surface area contributed by atoms with Crippen molar-refractivity contribution in [1.29, 1.82) is 0 Å². The fourth-order valence-electron chi connectivity index (χ4n) is 1.92. The predicted octanol–water partition coefficient (Wildman–Crippen LogP) is 1.96. The Morgan fingerprint density at radius 1 is 1.47 bits per heavy atom. The van der Waals surface area contributed by atoms with Gasteiger partial charge in [0, 0.05) is 18.0 Å². The van der Waals surface area contributed by atoms with Crippen molar-refractivity contribution in [3.63, 3.8) is 0 Å². The van der Waals surface area contributed by atoms with Gasteiger partial charge in [-0.1, -0.05) is 6.92 Å². The van der Waals surface area contributed by atoms with Crippen molar-refractivity contribution in [3.8, 4) is 0 Å². The molecule has 2 N–H and O–H groups in total. The van der Waals surface area contributed by atoms with E-state index in [9.17, 15) is 13.2 Å². The highest BCUT2D eigenvalue weighted by Gasteiger charge is 2.25. The topological polar surface area (TPSA) is 80.5 Å². The summed E-state index contributed by atoms with van der Waals surface area (Å²) >= 11 is 0.998. The number of carbonyl (C=O) groups excluding carboxylic acids is 1. The molecule has 7 heteroatoms. The zero-order chi connectivity index (χ0) is 14.8. The molecule has 1 unspecified atom stereocenters. The lowest BCUT2D eigenvalue weighted by molar-refractivity contribution is 0.0699. The molecule has 1 heterocycles. The molecule has 0 fully saturated rings. The van der Waals surface area contributed by atoms with E-state index in [0.29, 0.717) is 17.7 Å². The minimum Gasteiger partial charge on any atom is -0.336 e. The molecule has 0 spiro atoms. The molecule has 0 aromatic carbocycles. The molecular weight excluding hydrogens is 284 g/mol. The van der Waals surface area contributed by atoms with Crippen molar-refractivity contribution in [3.05, 3.63) is 16.5 Å². The molecule has 0 saturated heterocycles. The Morgan fingerprint density at radius 2 is 2.05 bits per heavy atom. The fraction of sp³-hybridized carbons (Fsp3) is 0.583. The number of nitrogens with zero attached hydrogens (tertiary/aromatic N) is 1. The number of carbonyl (C=O) groups is 1. The van der Waals surface area contributed by atoms with Crippen LogP contribution in [-0.4, -0.2) is 31.8 Å². The van der Waals surface area contributed by atoms with Gasteiger partial charge >= 0.3 is 0 Å². The van der Waals surface area contributed by atoms with Gasteiger partial charge in [-0.25, -0.2) is 13.6 Å². The summed E-state index contributed by atoms with van der Waals surface area (Å²) in [6.45, 7) is 8.11. The van der Waals surface area contributed by atoms with Gasteiger partial charge in [0.1, 0.15) is 4.21 Å². The van der Waals surface area contributed by atoms with Gasteiger partial charge in [0.15, 0.2) is 0 Å². The molecule has 19 heavy (non-hydrogen) atoms. The first kappa shape index (κ1) is 16.1. The smallest absolute Gasteiger partial charge is 0.255 e. The lowest BCUT2D eigenvalue weighted by Gasteiger charge is -2.27. The first-order valence-corrected chi connectivity index (χ1v) is 8.58. The van der Waals surface area contributed by atoms with Crippen LogP contribution >= 0.6 is 11.3 Å². The van der Waals surface area contributed by atoms with Gasteiger partial charge in [0.2, 0.25) is 10.0 Å². The van der Waals surface area contributed by atoms with Crippen LogP contribution < -0.4 is 5.14 Å². The van der Waals surface area contributed by atoms with Gasteiger partial charge in [-0.15, -0.1) is 11.3 Å². The zero-order valence-electron chi connectivity index (χ0n) is 11.6. The fourth-order valence-corrected chi connectivity index (χ4v) is 3.93. The Hall–Kier alpha value is -0.920. The summed E-state index contributed by atoms with van der Waals surface area (Å²) in [6.07, 6.45) is 0.852. The minimum absolute atomic E-state index is 0.0658. The number of amides is 1. The highest BCUT2D eigenvalue weighted by atomic mass is 32.2. The van der Waals surface area contributed by atoms with Crippen LogP contribution in [-0.2, 0) is 10.0 Å². The Kier molecular flexibility index (Phi) is 5.11. The second-order valence-corrected chi connectivity index (χ2v) is 7.09. The van der Waals surface area contributed by atoms with Crippen molar-refractivity contribution in [2.75, 3.05) is 6.54 Å². The number of rotatable bonds is 5. The number of sulfonamides is 1. The van der Waals surface area contributed by atoms with Crippen LogP contribution in [0.15, 0.2) is 9.59 Å². The summed E-state index contributed by atoms with van der Waals surface area (Å²) in [5.41, 5.74) is 0.871. The third-order valence-electron chi connectivity index (χ3n) is 3.21. The van der Waals surface area contributed by atoms with Crippen molar-refractivity contribution >= 4 is 27.3 Å². The van der Waals surface area contributed by atoms with E-state index in [1.807, 2.05) is 20.8 Å². The van der Waals surface area contributed by atoms with Gasteiger partial charge in [0.05, 0.1) is 5.56 Å². The van der Waals surface area contributed by atoms with Crippen LogP contribution in [0, 0.1) is 6.92 Å². The first-order chi connectivity index (χ1) is 8.73. The number of nitrogens with two attached hydrogens (primary N) is 1. The van der Waals surface area contributed by atoms with E-state index in [0.717, 1.165) is 17.8 Å². The van der Waals surface area contributed by atoms with E-state index in [-0.39, 0.29) is 16.2 Å². The number of hydrogen-bond acceptors (Lipinski definition) is 4. The second kappa shape index (κ2) is 6.02. The number of thiophene rings is 1. The molecule has 1 aromatic heterocycles. The van der Waals surface area contributed by atoms with Gasteiger partial charge in [-0.05, 0) is 32.8 Å². The normalized spacial score (nSPS) is 13.3. The monoisotopic (exact) mass is 304 g/mol. The molecule has 1 aromatic rings. The molecule has 5 nitrogen and oxygen atoms in total. The molecule has 1 rings (SSSR count). The molecule has 108 valence electrons. The summed E-state index contributed by atoms with van der Waals surface area (Å²) in [5, 5.41) is 6.70. The SMILES string of the molecule is CCC(C)N(CC)C(=O)c1csc(S(N)(=O)=O)c1C. The summed E-state index contributed by atoms with van der Waals surface area (Å²) in [4.78, 5) is 14.2. The molecule has 0 aliphatic rings. The second-order valence-electron chi connectivity index (χ2n) is 4.46. The molecular formula is C12H20N2O3S2. The van der Waals surface area contributed by atoms with Crippen molar-refractivity contribution < 1.29 is 13.2 Å². The Bertz CT molecular complexity index is 564. The van der Waals surface area contributed by atoms with E-state index in [4.69, 9.17) is 5.14 Å². The van der Waals surface area contributed by atoms with Crippen molar-refractivity contribution in [2.45, 2.75) is 44.4 Å². The summed E-state index contributed by atoms with van der Waals surface area (Å²) in [7, 11) is -3.76. The van der Waals surface area contributed by atoms with Gasteiger partial charge in [-0.2, -0.15) is 0 Å². The average Bonchev–Trinajstić information content (AvgIpc) is 2.71. The zero-order valence-corrected chi connectivity index (χ0v) is 13.3. The highest BCUT2D eigenvalue weighted by Crippen LogP contribution is 2.27. The third-order valence-corrected chi connectivity index (χ3v) is 5.89. The maximum absolute atomic E-state index is 12.4. The van der Waals surface area contributed by atoms with E-state index < -0.39 is 10.0 Å². The van der Waals surface area contributed by atoms with Crippen LogP contribution in [0.4, 0.5) is 0 Å². The predicted molar refractivity (Wildman–Crippen MR) is 76.9 cm³/mol. The van der Waals surface area contributed by atoms with Gasteiger partial charge < -0.3 is 4.90 Å². The van der Waals surface area contributed by atoms with Crippen LogP contribution in [0.25, 0.3) is 0 Å². The van der Waals surface area contributed by atoms with Gasteiger partial charge in [0.25, 0.3) is 5.91 Å². The van der Waals surface area contributed by atoms with Crippen molar-refractivity contribution in [1.82, 2.24) is 4.90 Å². The van der Waals surface area contributed by atoms with Crippen LogP contribution in [0.2, 0.25) is 0 Å². The summed E-state index contributed by atoms with van der Waals surface area (Å²) in [5.74, 6) is -0.138. The third kappa shape index (κ3) is 3.34. The molecule has 1 amide bonds. The Morgan fingerprint density at radius 3 is 2.42 bits per heavy atom. The quantitative estimate of drug-likeness (QED) is 0.903. The van der Waals surface area contributed by atoms with Crippen LogP contribution in [0.5, 0.6) is 0 Å². The minimum atomic E-state index is -3.76.